The number of hydrogen-bond acceptors (Lipinski definition) is 2. The Hall–Kier alpha value is -0.930. The predicted octanol–water partition coefficient (Wildman–Crippen LogP) is 1.49. The van der Waals surface area contributed by atoms with Crippen LogP contribution >= 0.6 is 0 Å². The molecule has 1 atom stereocenters. The maximum atomic E-state index is 12.9. The van der Waals surface area contributed by atoms with Crippen molar-refractivity contribution in [2.24, 2.45) is 5.84 Å². The summed E-state index contributed by atoms with van der Waals surface area (Å²) in [5.74, 6) is 5.88. The average Bonchev–Trinajstić information content (AvgIpc) is 2.52. The zero-order valence-electron chi connectivity index (χ0n) is 7.41. The minimum Gasteiger partial charge on any atom is -0.269 e. The summed E-state index contributed by atoms with van der Waals surface area (Å²) in [7, 11) is 0. The molecule has 0 saturated carbocycles. The van der Waals surface area contributed by atoms with Gasteiger partial charge in [0.2, 0.25) is 0 Å². The Labute approximate surface area is 77.1 Å². The van der Waals surface area contributed by atoms with Crippen LogP contribution in [0.4, 0.5) is 4.39 Å². The van der Waals surface area contributed by atoms with Gasteiger partial charge in [0.1, 0.15) is 5.82 Å². The second-order valence-corrected chi connectivity index (χ2v) is 3.54. The highest BCUT2D eigenvalue weighted by Crippen LogP contribution is 2.25. The van der Waals surface area contributed by atoms with E-state index in [1.54, 1.807) is 17.1 Å². The minimum absolute atomic E-state index is 0.159. The molecule has 0 radical (unpaired) electrons. The molecule has 3 heteroatoms. The van der Waals surface area contributed by atoms with E-state index < -0.39 is 0 Å². The molecule has 70 valence electrons. The van der Waals surface area contributed by atoms with Crippen molar-refractivity contribution in [2.75, 3.05) is 13.1 Å². The summed E-state index contributed by atoms with van der Waals surface area (Å²) < 4.78 is 12.9. The van der Waals surface area contributed by atoms with E-state index in [0.717, 1.165) is 25.1 Å². The van der Waals surface area contributed by atoms with Crippen LogP contribution in [0.1, 0.15) is 17.9 Å². The molecule has 1 aliphatic rings. The van der Waals surface area contributed by atoms with Gasteiger partial charge in [-0.05, 0) is 30.0 Å². The number of nitrogens with two attached hydrogens (primary N) is 1. The molecule has 1 unspecified atom stereocenters. The monoisotopic (exact) mass is 180 g/mol. The molecule has 13 heavy (non-hydrogen) atoms. The van der Waals surface area contributed by atoms with Crippen LogP contribution in [0, 0.1) is 5.82 Å². The fourth-order valence-corrected chi connectivity index (χ4v) is 1.82. The summed E-state index contributed by atoms with van der Waals surface area (Å²) in [5, 5.41) is 1.79. The molecule has 0 bridgehead atoms. The molecular weight excluding hydrogens is 167 g/mol. The van der Waals surface area contributed by atoms with Crippen molar-refractivity contribution < 1.29 is 4.39 Å². The highest BCUT2D eigenvalue weighted by molar-refractivity contribution is 5.21. The first kappa shape index (κ1) is 8.66. The fourth-order valence-electron chi connectivity index (χ4n) is 1.82. The third kappa shape index (κ3) is 1.87. The Morgan fingerprint density at radius 3 is 2.92 bits per heavy atom. The summed E-state index contributed by atoms with van der Waals surface area (Å²) in [6.45, 7) is 1.74. The van der Waals surface area contributed by atoms with E-state index in [0.29, 0.717) is 5.92 Å². The summed E-state index contributed by atoms with van der Waals surface area (Å²) >= 11 is 0. The second kappa shape index (κ2) is 3.44. The number of benzene rings is 1. The molecule has 1 heterocycles. The van der Waals surface area contributed by atoms with E-state index in [4.69, 9.17) is 5.84 Å². The standard InChI is InChI=1S/C10H13FN2/c11-10-3-1-2-8(6-10)9-4-5-13(12)7-9/h1-3,6,9H,4-5,7,12H2. The lowest BCUT2D eigenvalue weighted by molar-refractivity contribution is 0.350. The van der Waals surface area contributed by atoms with Gasteiger partial charge in [0.15, 0.2) is 0 Å². The molecule has 0 spiro atoms. The zero-order chi connectivity index (χ0) is 9.26. The Bertz CT molecular complexity index is 301. The quantitative estimate of drug-likeness (QED) is 0.663. The number of hydrazine groups is 1. The summed E-state index contributed by atoms with van der Waals surface area (Å²) in [6.07, 6.45) is 1.03. The highest BCUT2D eigenvalue weighted by Gasteiger charge is 2.21. The maximum Gasteiger partial charge on any atom is 0.123 e. The van der Waals surface area contributed by atoms with Crippen LogP contribution in [-0.2, 0) is 0 Å². The van der Waals surface area contributed by atoms with Crippen molar-refractivity contribution in [3.63, 3.8) is 0 Å². The number of nitrogens with zero attached hydrogens (tertiary/aromatic N) is 1. The van der Waals surface area contributed by atoms with Crippen molar-refractivity contribution in [1.29, 1.82) is 0 Å². The van der Waals surface area contributed by atoms with E-state index in [-0.39, 0.29) is 5.82 Å². The summed E-state index contributed by atoms with van der Waals surface area (Å²) in [6, 6.07) is 6.79. The lowest BCUT2D eigenvalue weighted by Gasteiger charge is -2.10. The predicted molar refractivity (Wildman–Crippen MR) is 49.5 cm³/mol. The Morgan fingerprint density at radius 2 is 2.31 bits per heavy atom. The molecule has 1 aliphatic heterocycles. The topological polar surface area (TPSA) is 29.3 Å². The largest absolute Gasteiger partial charge is 0.269 e. The van der Waals surface area contributed by atoms with Crippen LogP contribution in [0.3, 0.4) is 0 Å². The van der Waals surface area contributed by atoms with Gasteiger partial charge < -0.3 is 0 Å². The van der Waals surface area contributed by atoms with E-state index in [1.165, 1.54) is 6.07 Å². The van der Waals surface area contributed by atoms with Crippen molar-refractivity contribution in [3.8, 4) is 0 Å². The molecule has 1 saturated heterocycles. The summed E-state index contributed by atoms with van der Waals surface area (Å²) in [4.78, 5) is 0. The van der Waals surface area contributed by atoms with Crippen molar-refractivity contribution in [3.05, 3.63) is 35.6 Å². The third-order valence-electron chi connectivity index (χ3n) is 2.54. The normalized spacial score (nSPS) is 23.7. The molecule has 1 aromatic rings. The molecule has 2 nitrogen and oxygen atoms in total. The average molecular weight is 180 g/mol. The van der Waals surface area contributed by atoms with E-state index >= 15 is 0 Å². The molecular formula is C10H13FN2. The van der Waals surface area contributed by atoms with Crippen LogP contribution in [-0.4, -0.2) is 18.1 Å². The highest BCUT2D eigenvalue weighted by atomic mass is 19.1. The SMILES string of the molecule is NN1CCC(c2cccc(F)c2)C1. The Kier molecular flexibility index (Phi) is 2.29. The zero-order valence-corrected chi connectivity index (χ0v) is 7.41. The van der Waals surface area contributed by atoms with Crippen molar-refractivity contribution >= 4 is 0 Å². The van der Waals surface area contributed by atoms with Crippen molar-refractivity contribution in [2.45, 2.75) is 12.3 Å². The molecule has 0 aromatic heterocycles. The van der Waals surface area contributed by atoms with Crippen LogP contribution in [0.2, 0.25) is 0 Å². The Morgan fingerprint density at radius 1 is 1.46 bits per heavy atom. The first-order valence-corrected chi connectivity index (χ1v) is 4.51. The van der Waals surface area contributed by atoms with Gasteiger partial charge in [-0.15, -0.1) is 0 Å². The molecule has 2 N–H and O–H groups in total. The lowest BCUT2D eigenvalue weighted by Crippen LogP contribution is -2.27. The molecule has 1 aromatic carbocycles. The first-order chi connectivity index (χ1) is 6.25. The first-order valence-electron chi connectivity index (χ1n) is 4.51. The van der Waals surface area contributed by atoms with Crippen LogP contribution in [0.15, 0.2) is 24.3 Å². The lowest BCUT2D eigenvalue weighted by atomic mass is 9.99. The second-order valence-electron chi connectivity index (χ2n) is 3.54. The smallest absolute Gasteiger partial charge is 0.123 e. The van der Waals surface area contributed by atoms with Gasteiger partial charge in [0, 0.05) is 13.1 Å². The van der Waals surface area contributed by atoms with E-state index in [2.05, 4.69) is 0 Å². The molecule has 0 amide bonds. The van der Waals surface area contributed by atoms with Gasteiger partial charge in [0.05, 0.1) is 0 Å². The van der Waals surface area contributed by atoms with Crippen LogP contribution in [0.25, 0.3) is 0 Å². The molecule has 1 fully saturated rings. The summed E-state index contributed by atoms with van der Waals surface area (Å²) in [5.41, 5.74) is 1.06. The van der Waals surface area contributed by atoms with Gasteiger partial charge >= 0.3 is 0 Å². The molecule has 2 rings (SSSR count). The number of rotatable bonds is 1. The minimum atomic E-state index is -0.159. The van der Waals surface area contributed by atoms with Crippen LogP contribution in [0.5, 0.6) is 0 Å². The van der Waals surface area contributed by atoms with Gasteiger partial charge in [0.25, 0.3) is 0 Å². The molecule has 0 aliphatic carbocycles. The number of hydrogen-bond donors (Lipinski definition) is 1. The van der Waals surface area contributed by atoms with E-state index in [1.807, 2.05) is 6.07 Å². The van der Waals surface area contributed by atoms with Crippen LogP contribution < -0.4 is 5.84 Å². The van der Waals surface area contributed by atoms with Gasteiger partial charge in [-0.3, -0.25) is 5.84 Å². The Balaban J connectivity index is 2.16. The maximum absolute atomic E-state index is 12.9. The van der Waals surface area contributed by atoms with Gasteiger partial charge in [-0.1, -0.05) is 12.1 Å². The number of halogens is 1. The third-order valence-corrected chi connectivity index (χ3v) is 2.54. The van der Waals surface area contributed by atoms with Crippen molar-refractivity contribution in [1.82, 2.24) is 5.01 Å². The van der Waals surface area contributed by atoms with Gasteiger partial charge in [-0.2, -0.15) is 0 Å². The fraction of sp³-hybridized carbons (Fsp3) is 0.400. The van der Waals surface area contributed by atoms with E-state index in [9.17, 15) is 4.39 Å². The van der Waals surface area contributed by atoms with Gasteiger partial charge in [-0.25, -0.2) is 9.40 Å².